The largest absolute Gasteiger partial charge is 0.395 e. The summed E-state index contributed by atoms with van der Waals surface area (Å²) in [5.74, 6) is 5.56. The molecule has 6 heteroatoms. The van der Waals surface area contributed by atoms with E-state index in [9.17, 15) is 4.79 Å². The summed E-state index contributed by atoms with van der Waals surface area (Å²) in [6.07, 6.45) is 2.02. The quantitative estimate of drug-likeness (QED) is 0.829. The van der Waals surface area contributed by atoms with Gasteiger partial charge >= 0.3 is 0 Å². The van der Waals surface area contributed by atoms with Gasteiger partial charge in [-0.3, -0.25) is 4.79 Å². The number of nitrogens with zero attached hydrogens (tertiary/aromatic N) is 2. The van der Waals surface area contributed by atoms with Crippen molar-refractivity contribution in [1.82, 2.24) is 15.5 Å². The smallest absolute Gasteiger partial charge is 0.252 e. The monoisotopic (exact) mass is 287 g/mol. The summed E-state index contributed by atoms with van der Waals surface area (Å²) >= 11 is 1.41. The van der Waals surface area contributed by atoms with Gasteiger partial charge < -0.3 is 10.4 Å². The Kier molecular flexibility index (Phi) is 5.24. The number of hydrogen-bond acceptors (Lipinski definition) is 5. The van der Waals surface area contributed by atoms with Crippen LogP contribution in [0.3, 0.4) is 0 Å². The maximum absolute atomic E-state index is 11.9. The number of aliphatic hydroxyl groups is 1. The Morgan fingerprint density at radius 3 is 3.15 bits per heavy atom. The summed E-state index contributed by atoms with van der Waals surface area (Å²) in [6.45, 7) is 0.387. The van der Waals surface area contributed by atoms with Crippen LogP contribution in [0.1, 0.15) is 27.3 Å². The molecule has 0 fully saturated rings. The lowest BCUT2D eigenvalue weighted by atomic mass is 10.3. The lowest BCUT2D eigenvalue weighted by molar-refractivity contribution is 0.0951. The molecule has 2 rings (SSSR count). The molecule has 0 aromatic carbocycles. The summed E-state index contributed by atoms with van der Waals surface area (Å²) in [6, 6.07) is 5.31. The fraction of sp³-hybridized carbons (Fsp3) is 0.214. The van der Waals surface area contributed by atoms with Crippen molar-refractivity contribution in [3.8, 4) is 11.8 Å². The molecule has 0 atom stereocenters. The lowest BCUT2D eigenvalue weighted by Gasteiger charge is -2.01. The lowest BCUT2D eigenvalue weighted by Crippen LogP contribution is -2.22. The van der Waals surface area contributed by atoms with E-state index in [0.717, 1.165) is 4.88 Å². The molecule has 0 aliphatic carbocycles. The normalized spacial score (nSPS) is 9.65. The van der Waals surface area contributed by atoms with Crippen LogP contribution in [-0.4, -0.2) is 27.8 Å². The number of aromatic nitrogens is 2. The van der Waals surface area contributed by atoms with Crippen LogP contribution in [0.2, 0.25) is 0 Å². The molecule has 0 saturated heterocycles. The van der Waals surface area contributed by atoms with Crippen molar-refractivity contribution in [2.24, 2.45) is 0 Å². The molecular weight excluding hydrogens is 274 g/mol. The number of aliphatic hydroxyl groups excluding tert-OH is 1. The zero-order valence-corrected chi connectivity index (χ0v) is 11.5. The SMILES string of the molecule is O=C(NCc1cccnn1)c1csc(C#CCCO)c1. The third kappa shape index (κ3) is 4.16. The highest BCUT2D eigenvalue weighted by Crippen LogP contribution is 2.13. The van der Waals surface area contributed by atoms with Crippen molar-refractivity contribution in [3.63, 3.8) is 0 Å². The standard InChI is InChI=1S/C14H13N3O2S/c18-7-2-1-5-13-8-11(10-20-13)14(19)15-9-12-4-3-6-16-17-12/h3-4,6,8,10,18H,2,7,9H2,(H,15,19). The van der Waals surface area contributed by atoms with Gasteiger partial charge in [0, 0.05) is 18.0 Å². The minimum Gasteiger partial charge on any atom is -0.395 e. The van der Waals surface area contributed by atoms with E-state index in [1.165, 1.54) is 11.3 Å². The minimum atomic E-state index is -0.165. The van der Waals surface area contributed by atoms with E-state index in [2.05, 4.69) is 27.4 Å². The van der Waals surface area contributed by atoms with Gasteiger partial charge in [0.25, 0.3) is 5.91 Å². The van der Waals surface area contributed by atoms with Gasteiger partial charge in [0.2, 0.25) is 0 Å². The van der Waals surface area contributed by atoms with Gasteiger partial charge in [-0.2, -0.15) is 10.2 Å². The maximum Gasteiger partial charge on any atom is 0.252 e. The fourth-order valence-corrected chi connectivity index (χ4v) is 2.18. The van der Waals surface area contributed by atoms with E-state index in [-0.39, 0.29) is 12.5 Å². The van der Waals surface area contributed by atoms with Gasteiger partial charge in [0.05, 0.1) is 29.3 Å². The molecule has 102 valence electrons. The zero-order chi connectivity index (χ0) is 14.2. The predicted octanol–water partition coefficient (Wildman–Crippen LogP) is 1.20. The molecule has 20 heavy (non-hydrogen) atoms. The molecule has 0 unspecified atom stereocenters. The van der Waals surface area contributed by atoms with Gasteiger partial charge in [0.1, 0.15) is 0 Å². The van der Waals surface area contributed by atoms with Crippen LogP contribution in [0, 0.1) is 11.8 Å². The summed E-state index contributed by atoms with van der Waals surface area (Å²) in [5.41, 5.74) is 1.28. The molecule has 2 aromatic rings. The highest BCUT2D eigenvalue weighted by molar-refractivity contribution is 7.10. The highest BCUT2D eigenvalue weighted by atomic mass is 32.1. The number of hydrogen-bond donors (Lipinski definition) is 2. The molecule has 2 aromatic heterocycles. The van der Waals surface area contributed by atoms with E-state index in [4.69, 9.17) is 5.11 Å². The van der Waals surface area contributed by atoms with E-state index in [1.807, 2.05) is 0 Å². The Bertz CT molecular complexity index is 629. The van der Waals surface area contributed by atoms with Crippen molar-refractivity contribution >= 4 is 17.2 Å². The van der Waals surface area contributed by atoms with Crippen molar-refractivity contribution in [1.29, 1.82) is 0 Å². The van der Waals surface area contributed by atoms with Crippen molar-refractivity contribution in [3.05, 3.63) is 45.9 Å². The molecule has 2 heterocycles. The molecule has 1 amide bonds. The van der Waals surface area contributed by atoms with E-state index in [1.54, 1.807) is 29.8 Å². The summed E-state index contributed by atoms with van der Waals surface area (Å²) in [5, 5.41) is 20.8. The van der Waals surface area contributed by atoms with Gasteiger partial charge in [-0.25, -0.2) is 0 Å². The van der Waals surface area contributed by atoms with E-state index in [0.29, 0.717) is 24.2 Å². The zero-order valence-electron chi connectivity index (χ0n) is 10.7. The van der Waals surface area contributed by atoms with Crippen LogP contribution in [0.25, 0.3) is 0 Å². The van der Waals surface area contributed by atoms with Gasteiger partial charge in [-0.15, -0.1) is 11.3 Å². The average molecular weight is 287 g/mol. The summed E-state index contributed by atoms with van der Waals surface area (Å²) in [4.78, 5) is 12.7. The van der Waals surface area contributed by atoms with Crippen LogP contribution < -0.4 is 5.32 Å². The van der Waals surface area contributed by atoms with Crippen LogP contribution in [-0.2, 0) is 6.54 Å². The Hall–Kier alpha value is -2.23. The molecule has 0 radical (unpaired) electrons. The molecule has 0 aliphatic heterocycles. The first-order valence-corrected chi connectivity index (χ1v) is 6.90. The first-order chi connectivity index (χ1) is 9.79. The fourth-order valence-electron chi connectivity index (χ4n) is 1.43. The third-order valence-electron chi connectivity index (χ3n) is 2.37. The second-order valence-corrected chi connectivity index (χ2v) is 4.78. The molecule has 0 bridgehead atoms. The van der Waals surface area contributed by atoms with Crippen molar-refractivity contribution in [2.45, 2.75) is 13.0 Å². The van der Waals surface area contributed by atoms with Crippen LogP contribution in [0.5, 0.6) is 0 Å². The number of thiophene rings is 1. The first kappa shape index (κ1) is 14.2. The number of rotatable bonds is 4. The van der Waals surface area contributed by atoms with Crippen molar-refractivity contribution < 1.29 is 9.90 Å². The van der Waals surface area contributed by atoms with Gasteiger partial charge in [-0.1, -0.05) is 11.8 Å². The third-order valence-corrected chi connectivity index (χ3v) is 3.21. The summed E-state index contributed by atoms with van der Waals surface area (Å²) < 4.78 is 0. The number of carbonyl (C=O) groups excluding carboxylic acids is 1. The molecule has 0 saturated carbocycles. The molecule has 5 nitrogen and oxygen atoms in total. The Labute approximate surface area is 120 Å². The molecule has 0 spiro atoms. The Balaban J connectivity index is 1.92. The first-order valence-electron chi connectivity index (χ1n) is 6.02. The van der Waals surface area contributed by atoms with Crippen LogP contribution in [0.15, 0.2) is 29.8 Å². The Morgan fingerprint density at radius 2 is 2.40 bits per heavy atom. The Morgan fingerprint density at radius 1 is 1.50 bits per heavy atom. The molecule has 2 N–H and O–H groups in total. The number of amides is 1. The second kappa shape index (κ2) is 7.38. The number of carbonyl (C=O) groups is 1. The molecule has 0 aliphatic rings. The van der Waals surface area contributed by atoms with Crippen molar-refractivity contribution in [2.75, 3.05) is 6.61 Å². The average Bonchev–Trinajstić information content (AvgIpc) is 2.95. The van der Waals surface area contributed by atoms with Gasteiger partial charge in [0.15, 0.2) is 0 Å². The predicted molar refractivity (Wildman–Crippen MR) is 76.1 cm³/mol. The van der Waals surface area contributed by atoms with Gasteiger partial charge in [-0.05, 0) is 18.2 Å². The summed E-state index contributed by atoms with van der Waals surface area (Å²) in [7, 11) is 0. The second-order valence-electron chi connectivity index (χ2n) is 3.87. The van der Waals surface area contributed by atoms with E-state index >= 15 is 0 Å². The van der Waals surface area contributed by atoms with Crippen LogP contribution >= 0.6 is 11.3 Å². The van der Waals surface area contributed by atoms with Crippen LogP contribution in [0.4, 0.5) is 0 Å². The molecular formula is C14H13N3O2S. The highest BCUT2D eigenvalue weighted by Gasteiger charge is 2.07. The minimum absolute atomic E-state index is 0.0455. The topological polar surface area (TPSA) is 75.1 Å². The maximum atomic E-state index is 11.9. The number of nitrogens with one attached hydrogen (secondary N) is 1. The van der Waals surface area contributed by atoms with E-state index < -0.39 is 0 Å².